The third kappa shape index (κ3) is 28.4. The van der Waals surface area contributed by atoms with E-state index in [9.17, 15) is 0 Å². The van der Waals surface area contributed by atoms with E-state index in [0.717, 1.165) is 82.0 Å². The van der Waals surface area contributed by atoms with Crippen LogP contribution in [0.5, 0.6) is 0 Å². The van der Waals surface area contributed by atoms with Gasteiger partial charge in [0.2, 0.25) is 0 Å². The van der Waals surface area contributed by atoms with Crippen molar-refractivity contribution in [2.75, 3.05) is 0 Å². The van der Waals surface area contributed by atoms with Crippen LogP contribution in [0.1, 0.15) is 82.4 Å². The van der Waals surface area contributed by atoms with E-state index in [0.29, 0.717) is 11.8 Å². The van der Waals surface area contributed by atoms with Crippen LogP contribution in [0.15, 0.2) is 182 Å². The maximum absolute atomic E-state index is 4.95. The first-order valence-electron chi connectivity index (χ1n) is 33.7. The van der Waals surface area contributed by atoms with Crippen LogP contribution in [-0.4, -0.2) is 65.3 Å². The largest absolute Gasteiger partial charge is 0.302 e. The molecule has 5 nitrogen and oxygen atoms in total. The van der Waals surface area contributed by atoms with Crippen molar-refractivity contribution < 1.29 is 101 Å². The minimum Gasteiger partial charge on any atom is -0.302 e. The first-order valence-corrected chi connectivity index (χ1v) is 51.2. The summed E-state index contributed by atoms with van der Waals surface area (Å²) in [4.78, 5) is 24.3. The fourth-order valence-corrected chi connectivity index (χ4v) is 19.5. The number of benzene rings is 5. The summed E-state index contributed by atoms with van der Waals surface area (Å²) in [6.07, 6.45) is 4.27. The monoisotopic (exact) mass is 2280 g/mol. The van der Waals surface area contributed by atoms with Gasteiger partial charge < -0.3 is 24.9 Å². The van der Waals surface area contributed by atoms with Gasteiger partial charge in [-0.3, -0.25) is 0 Å². The van der Waals surface area contributed by atoms with Crippen molar-refractivity contribution in [3.8, 4) is 56.3 Å². The van der Waals surface area contributed by atoms with Gasteiger partial charge in [0.25, 0.3) is 0 Å². The molecular weight excluding hydrogens is 2170 g/mol. The van der Waals surface area contributed by atoms with Gasteiger partial charge in [-0.25, -0.2) is 0 Å². The second-order valence-electron chi connectivity index (χ2n) is 30.0. The Hall–Kier alpha value is -3.82. The summed E-state index contributed by atoms with van der Waals surface area (Å²) in [6.45, 7) is 51.1. The third-order valence-corrected chi connectivity index (χ3v) is 26.3. The van der Waals surface area contributed by atoms with Crippen molar-refractivity contribution in [3.05, 3.63) is 241 Å². The molecule has 0 spiro atoms. The predicted octanol–water partition coefficient (Wildman–Crippen LogP) is 19.6. The molecule has 15 heteroatoms. The van der Waals surface area contributed by atoms with Gasteiger partial charge in [-0.2, -0.15) is 0 Å². The molecule has 0 saturated carbocycles. The fraction of sp³-hybridized carbons (Fsp3) is 0.337. The SMILES string of the molecule is CC(C)Cc1nc(-c2[c-]cccc2)ccc1[Si](C)(C)C.CC(C)c1nc(-c2[c-]cccc2)ccc1[Si](C)(C)C.CCCc1nc(-c2[c-]cccc2)ccc1[Si](C)(C)C.CCc1nc(-c2[c-]cccc2)ccc1[Si](C)(C)C.Cc1nc(-c2[c-]cccc2)ccc1[Si](C)(C)C.[Ir].[Ir].[Ir].[Ir].[Ir]. The van der Waals surface area contributed by atoms with E-state index in [1.165, 1.54) is 54.4 Å². The Morgan fingerprint density at radius 1 is 0.316 bits per heavy atom. The molecule has 10 rings (SSSR count). The smallest absolute Gasteiger partial charge is 0.0799 e. The summed E-state index contributed by atoms with van der Waals surface area (Å²) in [5, 5.41) is 7.38. The summed E-state index contributed by atoms with van der Waals surface area (Å²) in [6, 6.07) is 78.5. The zero-order valence-electron chi connectivity index (χ0n) is 62.2. The Kier molecular flexibility index (Phi) is 40.2. The molecule has 0 fully saturated rings. The van der Waals surface area contributed by atoms with Crippen molar-refractivity contribution in [2.24, 2.45) is 5.92 Å². The molecule has 0 aliphatic carbocycles. The van der Waals surface area contributed by atoms with Crippen LogP contribution in [0.25, 0.3) is 56.3 Å². The molecule has 533 valence electrons. The molecule has 5 heterocycles. The number of aromatic nitrogens is 5. The number of rotatable bonds is 16. The van der Waals surface area contributed by atoms with Crippen molar-refractivity contribution >= 4 is 66.3 Å². The van der Waals surface area contributed by atoms with Crippen LogP contribution >= 0.6 is 0 Å². The standard InChI is InChI=1S/C18H24NSi.2C17H22NSi.C16H20NSi.C15H18NSi.5Ir/c1-14(2)13-17-18(20(3,4)5)12-11-16(19-17)15-9-7-6-8-10-15;1-13(2)17-16(19(3,4)5)12-11-15(18-17)14-9-7-6-8-10-14;1-5-9-16-17(19(2,3)4)13-12-15(18-16)14-10-7-6-8-11-14;1-5-14-16(18(2,3)4)12-11-15(17-14)13-9-7-6-8-10-13;1-12-15(17(2,3)4)11-10-14(16-12)13-8-6-5-7-9-13;;;;;/h6-9,11-12,14H,13H2,1-5H3;6-9,11-13H,1-5H3;6-8,10,12-13H,5,9H2,1-4H3;6-9,11-12H,5H2,1-4H3;5-8,10-11H,1-4H3;;;;;/q5*-1;;;;;. The van der Waals surface area contributed by atoms with E-state index in [2.05, 4.69) is 268 Å². The van der Waals surface area contributed by atoms with Crippen molar-refractivity contribution in [3.63, 3.8) is 0 Å². The molecule has 0 amide bonds. The topological polar surface area (TPSA) is 64.5 Å². The quantitative estimate of drug-likeness (QED) is 0.0712. The maximum atomic E-state index is 4.95. The second-order valence-corrected chi connectivity index (χ2v) is 55.2. The molecule has 0 saturated heterocycles. The Morgan fingerprint density at radius 3 is 0.867 bits per heavy atom. The van der Waals surface area contributed by atoms with Crippen LogP contribution < -0.4 is 25.9 Å². The van der Waals surface area contributed by atoms with Gasteiger partial charge in [0, 0.05) is 129 Å². The molecular formula is C83H106Ir5N5Si5-5. The number of pyridine rings is 5. The summed E-state index contributed by atoms with van der Waals surface area (Å²) in [5.41, 5.74) is 16.8. The van der Waals surface area contributed by atoms with Crippen LogP contribution in [0.4, 0.5) is 0 Å². The normalized spacial score (nSPS) is 11.1. The maximum Gasteiger partial charge on any atom is 0.0799 e. The second kappa shape index (κ2) is 42.7. The van der Waals surface area contributed by atoms with E-state index in [-0.39, 0.29) is 101 Å². The Labute approximate surface area is 666 Å². The Balaban J connectivity index is 0.000000605. The molecule has 0 aliphatic heterocycles. The summed E-state index contributed by atoms with van der Waals surface area (Å²) in [5.74, 6) is 1.10. The fourth-order valence-electron chi connectivity index (χ4n) is 11.2. The van der Waals surface area contributed by atoms with Crippen molar-refractivity contribution in [1.29, 1.82) is 0 Å². The minimum absolute atomic E-state index is 0. The van der Waals surface area contributed by atoms with Crippen LogP contribution in [0, 0.1) is 43.2 Å². The van der Waals surface area contributed by atoms with Gasteiger partial charge in [0.1, 0.15) is 0 Å². The zero-order valence-corrected chi connectivity index (χ0v) is 79.2. The number of nitrogens with zero attached hydrogens (tertiary/aromatic N) is 5. The third-order valence-electron chi connectivity index (χ3n) is 15.9. The molecule has 5 radical (unpaired) electrons. The Bertz CT molecular complexity index is 3920. The van der Waals surface area contributed by atoms with Crippen molar-refractivity contribution in [2.45, 2.75) is 178 Å². The summed E-state index contributed by atoms with van der Waals surface area (Å²) in [7, 11) is -6.56. The average molecular weight is 2280 g/mol. The molecule has 0 atom stereocenters. The molecule has 98 heavy (non-hydrogen) atoms. The molecule has 10 aromatic rings. The average Bonchev–Trinajstić information content (AvgIpc) is 0.837. The van der Waals surface area contributed by atoms with E-state index in [1.807, 2.05) is 91.0 Å². The van der Waals surface area contributed by atoms with E-state index in [1.54, 1.807) is 0 Å². The molecule has 0 bridgehead atoms. The van der Waals surface area contributed by atoms with Gasteiger partial charge in [-0.1, -0.05) is 207 Å². The van der Waals surface area contributed by atoms with Gasteiger partial charge in [0.05, 0.1) is 40.4 Å². The first kappa shape index (κ1) is 92.2. The minimum atomic E-state index is -1.34. The van der Waals surface area contributed by atoms with Crippen LogP contribution in [0.2, 0.25) is 98.2 Å². The molecule has 0 unspecified atom stereocenters. The van der Waals surface area contributed by atoms with Gasteiger partial charge >= 0.3 is 0 Å². The molecule has 5 aromatic carbocycles. The van der Waals surface area contributed by atoms with Crippen LogP contribution in [0.3, 0.4) is 0 Å². The van der Waals surface area contributed by atoms with E-state index < -0.39 is 40.4 Å². The van der Waals surface area contributed by atoms with Gasteiger partial charge in [-0.15, -0.1) is 179 Å². The van der Waals surface area contributed by atoms with Gasteiger partial charge in [0.15, 0.2) is 0 Å². The van der Waals surface area contributed by atoms with Crippen LogP contribution in [-0.2, 0) is 120 Å². The molecule has 0 N–H and O–H groups in total. The van der Waals surface area contributed by atoms with E-state index >= 15 is 0 Å². The number of aryl methyl sites for hydroxylation is 3. The summed E-state index contributed by atoms with van der Waals surface area (Å²) >= 11 is 0. The van der Waals surface area contributed by atoms with E-state index in [4.69, 9.17) is 24.9 Å². The zero-order chi connectivity index (χ0) is 68.3. The first-order chi connectivity index (χ1) is 43.8. The number of hydrogen-bond acceptors (Lipinski definition) is 5. The summed E-state index contributed by atoms with van der Waals surface area (Å²) < 4.78 is 0. The Morgan fingerprint density at radius 2 is 0.592 bits per heavy atom. The molecule has 0 aliphatic rings. The van der Waals surface area contributed by atoms with Crippen molar-refractivity contribution in [1.82, 2.24) is 24.9 Å². The molecule has 5 aromatic heterocycles. The van der Waals surface area contributed by atoms with Gasteiger partial charge in [-0.05, 0) is 92.4 Å². The number of hydrogen-bond donors (Lipinski definition) is 0. The predicted molar refractivity (Wildman–Crippen MR) is 418 cm³/mol.